The Morgan fingerprint density at radius 3 is 1.83 bits per heavy atom. The van der Waals surface area contributed by atoms with Crippen LogP contribution in [0.25, 0.3) is 0 Å². The maximum absolute atomic E-state index is 13.2. The van der Waals surface area contributed by atoms with Gasteiger partial charge in [-0.15, -0.1) is 0 Å². The number of nitrogens with zero attached hydrogens (tertiary/aromatic N) is 1. The Labute approximate surface area is 152 Å². The van der Waals surface area contributed by atoms with Crippen LogP contribution in [0.1, 0.15) is 28.8 Å². The number of hydrogen-bond acceptors (Lipinski definition) is 2. The normalized spacial score (nSPS) is 23.4. The first kappa shape index (κ1) is 15.6. The van der Waals surface area contributed by atoms with Crippen molar-refractivity contribution < 1.29 is 8.42 Å². The quantitative estimate of drug-likeness (QED) is 0.653. The lowest BCUT2D eigenvalue weighted by molar-refractivity contribution is 0.382. The summed E-state index contributed by atoms with van der Waals surface area (Å²) < 4.78 is 29.8. The second-order valence-corrected chi connectivity index (χ2v) is 9.33. The Kier molecular flexibility index (Phi) is 3.57. The van der Waals surface area contributed by atoms with Crippen molar-refractivity contribution in [2.75, 3.05) is 0 Å². The number of halogens is 2. The molecule has 0 amide bonds. The van der Waals surface area contributed by atoms with Gasteiger partial charge in [0.15, 0.2) is 0 Å². The minimum atomic E-state index is -3.59. The lowest BCUT2D eigenvalue weighted by Crippen LogP contribution is -2.29. The molecule has 2 aromatic rings. The Hall–Kier alpha value is -0.950. The topological polar surface area (TPSA) is 37.4 Å². The molecule has 2 aliphatic heterocycles. The van der Waals surface area contributed by atoms with Gasteiger partial charge in [-0.25, -0.2) is 8.42 Å². The highest BCUT2D eigenvalue weighted by Crippen LogP contribution is 2.61. The SMILES string of the molecule is Cc1ccc(S(=O)(=O)N2C3C(Br)=C(Br)C2c2ccccc23)cc1. The third-order valence-corrected chi connectivity index (χ3v) is 8.50. The van der Waals surface area contributed by atoms with Gasteiger partial charge >= 0.3 is 0 Å². The molecule has 0 aliphatic carbocycles. The molecule has 0 saturated carbocycles. The molecule has 3 nitrogen and oxygen atoms in total. The number of aryl methyl sites for hydroxylation is 1. The third-order valence-electron chi connectivity index (χ3n) is 4.40. The number of sulfonamides is 1. The van der Waals surface area contributed by atoms with Crippen molar-refractivity contribution in [1.29, 1.82) is 0 Å². The highest BCUT2D eigenvalue weighted by molar-refractivity contribution is 9.14. The maximum atomic E-state index is 13.2. The third kappa shape index (κ3) is 2.12. The molecule has 0 spiro atoms. The molecule has 6 heteroatoms. The monoisotopic (exact) mass is 453 g/mol. The molecule has 118 valence electrons. The Morgan fingerprint density at radius 2 is 1.35 bits per heavy atom. The van der Waals surface area contributed by atoms with Gasteiger partial charge in [-0.1, -0.05) is 73.8 Å². The van der Waals surface area contributed by atoms with Crippen molar-refractivity contribution in [3.05, 3.63) is 74.2 Å². The lowest BCUT2D eigenvalue weighted by Gasteiger charge is -2.23. The first-order valence-electron chi connectivity index (χ1n) is 7.17. The van der Waals surface area contributed by atoms with E-state index in [2.05, 4.69) is 31.9 Å². The molecule has 2 atom stereocenters. The fraction of sp³-hybridized carbons (Fsp3) is 0.176. The number of fused-ring (bicyclic) bond motifs is 5. The van der Waals surface area contributed by atoms with E-state index in [1.54, 1.807) is 16.4 Å². The minimum Gasteiger partial charge on any atom is -0.207 e. The summed E-state index contributed by atoms with van der Waals surface area (Å²) in [6.07, 6.45) is 0. The van der Waals surface area contributed by atoms with Crippen LogP contribution in [0.15, 0.2) is 62.4 Å². The van der Waals surface area contributed by atoms with E-state index in [9.17, 15) is 8.42 Å². The first-order chi connectivity index (χ1) is 10.9. The molecule has 0 saturated heterocycles. The van der Waals surface area contributed by atoms with Gasteiger partial charge in [-0.2, -0.15) is 4.31 Å². The van der Waals surface area contributed by atoms with Crippen LogP contribution in [0.3, 0.4) is 0 Å². The van der Waals surface area contributed by atoms with Crippen molar-refractivity contribution in [1.82, 2.24) is 4.31 Å². The zero-order valence-corrected chi connectivity index (χ0v) is 16.2. The van der Waals surface area contributed by atoms with Crippen molar-refractivity contribution in [2.24, 2.45) is 0 Å². The Balaban J connectivity index is 1.87. The predicted molar refractivity (Wildman–Crippen MR) is 97.0 cm³/mol. The molecule has 4 rings (SSSR count). The smallest absolute Gasteiger partial charge is 0.207 e. The molecular formula is C17H13Br2NO2S. The molecule has 2 heterocycles. The van der Waals surface area contributed by atoms with Crippen molar-refractivity contribution in [3.8, 4) is 0 Å². The van der Waals surface area contributed by atoms with Gasteiger partial charge < -0.3 is 0 Å². The van der Waals surface area contributed by atoms with Crippen molar-refractivity contribution in [2.45, 2.75) is 23.9 Å². The van der Waals surface area contributed by atoms with Crippen LogP contribution in [-0.4, -0.2) is 12.7 Å². The lowest BCUT2D eigenvalue weighted by atomic mass is 9.97. The van der Waals surface area contributed by atoms with Gasteiger partial charge in [0.05, 0.1) is 17.0 Å². The first-order valence-corrected chi connectivity index (χ1v) is 10.2. The largest absolute Gasteiger partial charge is 0.244 e. The molecule has 0 N–H and O–H groups in total. The van der Waals surface area contributed by atoms with Crippen LogP contribution in [0, 0.1) is 6.92 Å². The second-order valence-electron chi connectivity index (χ2n) is 5.78. The summed E-state index contributed by atoms with van der Waals surface area (Å²) >= 11 is 7.15. The maximum Gasteiger partial charge on any atom is 0.244 e. The summed E-state index contributed by atoms with van der Waals surface area (Å²) in [5.41, 5.74) is 3.13. The molecule has 0 fully saturated rings. The molecule has 2 aliphatic rings. The summed E-state index contributed by atoms with van der Waals surface area (Å²) in [7, 11) is -3.59. The van der Waals surface area contributed by atoms with Gasteiger partial charge in [0, 0.05) is 8.96 Å². The molecule has 0 aromatic heterocycles. The predicted octanol–water partition coefficient (Wildman–Crippen LogP) is 4.80. The van der Waals surface area contributed by atoms with Crippen molar-refractivity contribution in [3.63, 3.8) is 0 Å². The molecular weight excluding hydrogens is 442 g/mol. The van der Waals surface area contributed by atoms with E-state index in [-0.39, 0.29) is 12.1 Å². The summed E-state index contributed by atoms with van der Waals surface area (Å²) in [5.74, 6) is 0. The van der Waals surface area contributed by atoms with Crippen LogP contribution in [-0.2, 0) is 10.0 Å². The van der Waals surface area contributed by atoms with Gasteiger partial charge in [-0.05, 0) is 30.2 Å². The highest BCUT2D eigenvalue weighted by atomic mass is 79.9. The summed E-state index contributed by atoms with van der Waals surface area (Å²) in [5, 5.41) is 0. The number of benzene rings is 2. The number of hydrogen-bond donors (Lipinski definition) is 0. The average Bonchev–Trinajstić information content (AvgIpc) is 3.01. The van der Waals surface area contributed by atoms with E-state index in [0.717, 1.165) is 25.7 Å². The summed E-state index contributed by atoms with van der Waals surface area (Å²) in [6.45, 7) is 1.94. The van der Waals surface area contributed by atoms with E-state index in [4.69, 9.17) is 0 Å². The highest BCUT2D eigenvalue weighted by Gasteiger charge is 2.53. The average molecular weight is 455 g/mol. The van der Waals surface area contributed by atoms with E-state index in [1.165, 1.54) is 0 Å². The molecule has 2 bridgehead atoms. The van der Waals surface area contributed by atoms with Gasteiger partial charge in [0.1, 0.15) is 0 Å². The molecule has 2 aromatic carbocycles. The fourth-order valence-corrected chi connectivity index (χ4v) is 6.65. The van der Waals surface area contributed by atoms with E-state index < -0.39 is 10.0 Å². The van der Waals surface area contributed by atoms with E-state index in [1.807, 2.05) is 43.3 Å². The zero-order chi connectivity index (χ0) is 16.4. The standard InChI is InChI=1S/C17H13Br2NO2S/c1-10-6-8-11(9-7-10)23(21,22)20-16-12-4-2-3-5-13(12)17(20)15(19)14(16)18/h2-9,16-17H,1H3. The fourth-order valence-electron chi connectivity index (χ4n) is 3.30. The van der Waals surface area contributed by atoms with Crippen LogP contribution in [0.5, 0.6) is 0 Å². The zero-order valence-electron chi connectivity index (χ0n) is 12.2. The van der Waals surface area contributed by atoms with Gasteiger partial charge in [0.25, 0.3) is 0 Å². The summed E-state index contributed by atoms with van der Waals surface area (Å²) in [4.78, 5) is 0.327. The van der Waals surface area contributed by atoms with E-state index >= 15 is 0 Å². The molecule has 2 unspecified atom stereocenters. The van der Waals surface area contributed by atoms with Crippen LogP contribution >= 0.6 is 31.9 Å². The molecule has 23 heavy (non-hydrogen) atoms. The number of rotatable bonds is 2. The molecule has 0 radical (unpaired) electrons. The van der Waals surface area contributed by atoms with Crippen LogP contribution in [0.4, 0.5) is 0 Å². The van der Waals surface area contributed by atoms with Crippen LogP contribution < -0.4 is 0 Å². The Morgan fingerprint density at radius 1 is 0.870 bits per heavy atom. The Bertz CT molecular complexity index is 896. The van der Waals surface area contributed by atoms with E-state index in [0.29, 0.717) is 4.90 Å². The van der Waals surface area contributed by atoms with Crippen molar-refractivity contribution >= 4 is 41.9 Å². The van der Waals surface area contributed by atoms with Gasteiger partial charge in [0.2, 0.25) is 10.0 Å². The van der Waals surface area contributed by atoms with Gasteiger partial charge in [-0.3, -0.25) is 0 Å². The summed E-state index contributed by atoms with van der Waals surface area (Å²) in [6, 6.07) is 14.3. The van der Waals surface area contributed by atoms with Crippen LogP contribution in [0.2, 0.25) is 0 Å². The second kappa shape index (κ2) is 5.28. The minimum absolute atomic E-state index is 0.295.